The van der Waals surface area contributed by atoms with Gasteiger partial charge in [0.2, 0.25) is 5.91 Å². The second-order valence-electron chi connectivity index (χ2n) is 10.9. The number of carbonyl (C=O) groups excluding carboxylic acids is 2. The lowest BCUT2D eigenvalue weighted by Crippen LogP contribution is -2.55. The van der Waals surface area contributed by atoms with Crippen LogP contribution in [0.25, 0.3) is 17.1 Å². The van der Waals surface area contributed by atoms with E-state index < -0.39 is 17.6 Å². The number of aromatic nitrogens is 3. The van der Waals surface area contributed by atoms with E-state index in [1.165, 1.54) is 17.7 Å². The smallest absolute Gasteiger partial charge is 0.339 e. The molecule has 11 heteroatoms. The number of piperazine rings is 1. The number of unbranched alkanes of at least 4 members (excludes halogenated alkanes) is 1. The number of rotatable bonds is 9. The second kappa shape index (κ2) is 13.7. The summed E-state index contributed by atoms with van der Waals surface area (Å²) in [6.45, 7) is 4.84. The molecule has 0 saturated carbocycles. The first-order valence-corrected chi connectivity index (χ1v) is 15.6. The molecule has 5 rings (SSSR count). The highest BCUT2D eigenvalue weighted by molar-refractivity contribution is 7.99. The summed E-state index contributed by atoms with van der Waals surface area (Å²) in [7, 11) is 0. The van der Waals surface area contributed by atoms with E-state index in [4.69, 9.17) is 0 Å². The number of nitrogens with zero attached hydrogens (tertiary/aromatic N) is 5. The van der Waals surface area contributed by atoms with Crippen LogP contribution in [0.2, 0.25) is 0 Å². The highest BCUT2D eigenvalue weighted by atomic mass is 32.2. The van der Waals surface area contributed by atoms with E-state index in [0.717, 1.165) is 46.5 Å². The molecule has 0 N–H and O–H groups in total. The standard InChI is InChI=1S/C33H34F3N5O2S/c1-23-14-16-28(17-15-23)41-30(25-9-4-3-5-10-25)37-38-32(41)44-20-7-6-13-29(42)39-18-19-40(24(2)22-39)31(43)26-11-8-12-27(21-26)33(34,35)36/h3-5,8-12,14-17,21,24H,6-7,13,18-20,22H2,1-2H3. The molecule has 7 nitrogen and oxygen atoms in total. The molecule has 0 bridgehead atoms. The Morgan fingerprint density at radius 2 is 1.68 bits per heavy atom. The fourth-order valence-corrected chi connectivity index (χ4v) is 6.19. The molecule has 2 heterocycles. The summed E-state index contributed by atoms with van der Waals surface area (Å²) in [4.78, 5) is 29.2. The van der Waals surface area contributed by atoms with E-state index in [9.17, 15) is 22.8 Å². The van der Waals surface area contributed by atoms with Crippen LogP contribution in [0.4, 0.5) is 13.2 Å². The van der Waals surface area contributed by atoms with Crippen LogP contribution in [0.1, 0.15) is 47.7 Å². The lowest BCUT2D eigenvalue weighted by atomic mass is 10.1. The van der Waals surface area contributed by atoms with Gasteiger partial charge in [-0.25, -0.2) is 0 Å². The fourth-order valence-electron chi connectivity index (χ4n) is 5.24. The molecule has 1 aliphatic heterocycles. The van der Waals surface area contributed by atoms with Crippen molar-refractivity contribution < 1.29 is 22.8 Å². The lowest BCUT2D eigenvalue weighted by Gasteiger charge is -2.40. The van der Waals surface area contributed by atoms with E-state index in [1.807, 2.05) is 44.2 Å². The molecule has 44 heavy (non-hydrogen) atoms. The molecule has 2 amide bonds. The maximum atomic E-state index is 13.1. The molecule has 1 aliphatic rings. The Labute approximate surface area is 259 Å². The molecule has 1 fully saturated rings. The summed E-state index contributed by atoms with van der Waals surface area (Å²) >= 11 is 1.60. The van der Waals surface area contributed by atoms with Crippen LogP contribution < -0.4 is 0 Å². The first-order valence-electron chi connectivity index (χ1n) is 14.6. The topological polar surface area (TPSA) is 71.3 Å². The highest BCUT2D eigenvalue weighted by Gasteiger charge is 2.33. The Bertz CT molecular complexity index is 1590. The second-order valence-corrected chi connectivity index (χ2v) is 12.0. The number of alkyl halides is 3. The van der Waals surface area contributed by atoms with Gasteiger partial charge in [-0.1, -0.05) is 65.9 Å². The summed E-state index contributed by atoms with van der Waals surface area (Å²) in [6.07, 6.45) is -2.63. The zero-order valence-electron chi connectivity index (χ0n) is 24.6. The molecule has 3 aromatic carbocycles. The van der Waals surface area contributed by atoms with E-state index in [2.05, 4.69) is 39.0 Å². The summed E-state index contributed by atoms with van der Waals surface area (Å²) in [6, 6.07) is 22.3. The Morgan fingerprint density at radius 3 is 2.39 bits per heavy atom. The summed E-state index contributed by atoms with van der Waals surface area (Å²) in [5.74, 6) is 1.10. The van der Waals surface area contributed by atoms with Crippen LogP contribution in [0.5, 0.6) is 0 Å². The average molecular weight is 622 g/mol. The molecular weight excluding hydrogens is 587 g/mol. The predicted molar refractivity (Wildman–Crippen MR) is 165 cm³/mol. The highest BCUT2D eigenvalue weighted by Crippen LogP contribution is 2.31. The Kier molecular flexibility index (Phi) is 9.73. The van der Waals surface area contributed by atoms with Crippen molar-refractivity contribution in [3.8, 4) is 17.1 Å². The maximum absolute atomic E-state index is 13.1. The Hall–Kier alpha value is -4.12. The molecular formula is C33H34F3N5O2S. The van der Waals surface area contributed by atoms with Gasteiger partial charge < -0.3 is 9.80 Å². The van der Waals surface area contributed by atoms with Crippen molar-refractivity contribution in [3.63, 3.8) is 0 Å². The van der Waals surface area contributed by atoms with Crippen molar-refractivity contribution in [2.24, 2.45) is 0 Å². The van der Waals surface area contributed by atoms with Crippen molar-refractivity contribution in [1.29, 1.82) is 0 Å². The van der Waals surface area contributed by atoms with Crippen LogP contribution >= 0.6 is 11.8 Å². The van der Waals surface area contributed by atoms with E-state index in [0.29, 0.717) is 25.9 Å². The number of halogens is 3. The number of hydrogen-bond donors (Lipinski definition) is 0. The van der Waals surface area contributed by atoms with Gasteiger partial charge in [-0.3, -0.25) is 14.2 Å². The zero-order valence-corrected chi connectivity index (χ0v) is 25.4. The van der Waals surface area contributed by atoms with Gasteiger partial charge in [0.1, 0.15) is 0 Å². The monoisotopic (exact) mass is 621 g/mol. The molecule has 1 aromatic heterocycles. The third-order valence-corrected chi connectivity index (χ3v) is 8.67. The van der Waals surface area contributed by atoms with E-state index in [-0.39, 0.29) is 24.1 Å². The average Bonchev–Trinajstić information content (AvgIpc) is 3.44. The molecule has 4 aromatic rings. The van der Waals surface area contributed by atoms with Gasteiger partial charge in [-0.15, -0.1) is 10.2 Å². The van der Waals surface area contributed by atoms with Crippen molar-refractivity contribution in [2.75, 3.05) is 25.4 Å². The molecule has 1 saturated heterocycles. The molecule has 1 unspecified atom stereocenters. The SMILES string of the molecule is Cc1ccc(-n2c(SCCCCC(=O)N3CCN(C(=O)c4cccc(C(F)(F)F)c4)C(C)C3)nnc2-c2ccccc2)cc1. The van der Waals surface area contributed by atoms with Crippen molar-refractivity contribution in [1.82, 2.24) is 24.6 Å². The quantitative estimate of drug-likeness (QED) is 0.150. The minimum atomic E-state index is -4.52. The van der Waals surface area contributed by atoms with Crippen LogP contribution in [0, 0.1) is 6.92 Å². The number of thioether (sulfide) groups is 1. The first-order chi connectivity index (χ1) is 21.1. The Morgan fingerprint density at radius 1 is 0.932 bits per heavy atom. The van der Waals surface area contributed by atoms with Crippen LogP contribution in [-0.2, 0) is 11.0 Å². The van der Waals surface area contributed by atoms with Gasteiger partial charge in [-0.05, 0) is 57.0 Å². The summed E-state index contributed by atoms with van der Waals surface area (Å²) in [5, 5.41) is 9.75. The van der Waals surface area contributed by atoms with E-state index in [1.54, 1.807) is 21.6 Å². The van der Waals surface area contributed by atoms with Gasteiger partial charge in [-0.2, -0.15) is 13.2 Å². The molecule has 0 spiro atoms. The van der Waals surface area contributed by atoms with Gasteiger partial charge in [0.25, 0.3) is 5.91 Å². The van der Waals surface area contributed by atoms with Gasteiger partial charge in [0.05, 0.1) is 5.56 Å². The first kappa shape index (κ1) is 31.3. The van der Waals surface area contributed by atoms with Crippen molar-refractivity contribution in [2.45, 2.75) is 50.5 Å². The minimum absolute atomic E-state index is 0.00180. The van der Waals surface area contributed by atoms with Crippen LogP contribution in [-0.4, -0.2) is 67.8 Å². The zero-order chi connectivity index (χ0) is 31.3. The molecule has 0 aliphatic carbocycles. The van der Waals surface area contributed by atoms with Crippen LogP contribution in [0.3, 0.4) is 0 Å². The third kappa shape index (κ3) is 7.32. The number of amides is 2. The molecule has 0 radical (unpaired) electrons. The van der Waals surface area contributed by atoms with E-state index >= 15 is 0 Å². The maximum Gasteiger partial charge on any atom is 0.416 e. The number of aryl methyl sites for hydroxylation is 1. The van der Waals surface area contributed by atoms with Gasteiger partial charge in [0.15, 0.2) is 11.0 Å². The number of hydrogen-bond acceptors (Lipinski definition) is 5. The minimum Gasteiger partial charge on any atom is -0.339 e. The Balaban J connectivity index is 1.12. The number of benzene rings is 3. The lowest BCUT2D eigenvalue weighted by molar-refractivity contribution is -0.137. The third-order valence-electron chi connectivity index (χ3n) is 7.65. The van der Waals surface area contributed by atoms with Gasteiger partial charge in [0, 0.05) is 54.7 Å². The van der Waals surface area contributed by atoms with Crippen molar-refractivity contribution in [3.05, 3.63) is 95.6 Å². The number of carbonyl (C=O) groups is 2. The molecule has 230 valence electrons. The normalized spacial score (nSPS) is 15.4. The predicted octanol–water partition coefficient (Wildman–Crippen LogP) is 6.90. The fraction of sp³-hybridized carbons (Fsp3) is 0.333. The summed E-state index contributed by atoms with van der Waals surface area (Å²) in [5.41, 5.74) is 2.27. The largest absolute Gasteiger partial charge is 0.416 e. The summed E-state index contributed by atoms with van der Waals surface area (Å²) < 4.78 is 41.4. The van der Waals surface area contributed by atoms with Crippen molar-refractivity contribution >= 4 is 23.6 Å². The van der Waals surface area contributed by atoms with Gasteiger partial charge >= 0.3 is 6.18 Å². The molecule has 1 atom stereocenters. The van der Waals surface area contributed by atoms with Crippen LogP contribution in [0.15, 0.2) is 84.0 Å².